The Bertz CT molecular complexity index is 543. The van der Waals surface area contributed by atoms with Crippen molar-refractivity contribution in [1.29, 1.82) is 0 Å². The minimum Gasteiger partial charge on any atom is -0.451 e. The Morgan fingerprint density at radius 3 is 2.17 bits per heavy atom. The first-order valence-corrected chi connectivity index (χ1v) is 6.38. The zero-order valence-corrected chi connectivity index (χ0v) is 11.9. The van der Waals surface area contributed by atoms with Gasteiger partial charge in [0.05, 0.1) is 11.0 Å². The van der Waals surface area contributed by atoms with Crippen molar-refractivity contribution in [1.82, 2.24) is 0 Å². The van der Waals surface area contributed by atoms with E-state index in [1.807, 2.05) is 0 Å². The first kappa shape index (κ1) is 13.5. The fourth-order valence-electron chi connectivity index (χ4n) is 1.33. The summed E-state index contributed by atoms with van der Waals surface area (Å²) in [6.45, 7) is 0.217. The van der Waals surface area contributed by atoms with Crippen LogP contribution < -0.4 is 5.32 Å². The molecular formula is C11H6Br2F3NO. The highest BCUT2D eigenvalue weighted by Crippen LogP contribution is 2.27. The van der Waals surface area contributed by atoms with Crippen molar-refractivity contribution in [2.24, 2.45) is 0 Å². The number of halogens is 5. The largest absolute Gasteiger partial charge is 0.451 e. The van der Waals surface area contributed by atoms with E-state index < -0.39 is 17.5 Å². The molecule has 96 valence electrons. The topological polar surface area (TPSA) is 25.2 Å². The highest BCUT2D eigenvalue weighted by atomic mass is 79.9. The van der Waals surface area contributed by atoms with Gasteiger partial charge < -0.3 is 9.73 Å². The van der Waals surface area contributed by atoms with Gasteiger partial charge in [0.15, 0.2) is 22.1 Å². The maximum atomic E-state index is 12.9. The summed E-state index contributed by atoms with van der Waals surface area (Å²) in [5.41, 5.74) is 0.134. The number of furan rings is 1. The van der Waals surface area contributed by atoms with E-state index in [4.69, 9.17) is 4.42 Å². The average molecular weight is 385 g/mol. The van der Waals surface area contributed by atoms with E-state index in [-0.39, 0.29) is 12.2 Å². The van der Waals surface area contributed by atoms with Crippen LogP contribution in [0.25, 0.3) is 0 Å². The van der Waals surface area contributed by atoms with E-state index in [0.717, 1.165) is 16.6 Å². The summed E-state index contributed by atoms with van der Waals surface area (Å²) in [6.07, 6.45) is 0. The van der Waals surface area contributed by atoms with Gasteiger partial charge in [-0.2, -0.15) is 0 Å². The van der Waals surface area contributed by atoms with Gasteiger partial charge in [-0.05, 0) is 37.9 Å². The Morgan fingerprint density at radius 2 is 1.67 bits per heavy atom. The molecule has 0 fully saturated rings. The molecule has 0 spiro atoms. The number of benzene rings is 1. The maximum absolute atomic E-state index is 12.9. The summed E-state index contributed by atoms with van der Waals surface area (Å²) in [5, 5.41) is 2.73. The molecule has 0 radical (unpaired) electrons. The summed E-state index contributed by atoms with van der Waals surface area (Å²) in [5.74, 6) is -3.40. The molecule has 0 aliphatic heterocycles. The van der Waals surface area contributed by atoms with Gasteiger partial charge >= 0.3 is 0 Å². The van der Waals surface area contributed by atoms with Crippen molar-refractivity contribution >= 4 is 37.5 Å². The quantitative estimate of drug-likeness (QED) is 0.766. The monoisotopic (exact) mass is 383 g/mol. The molecule has 0 saturated carbocycles. The molecule has 1 heterocycles. The molecule has 0 amide bonds. The number of anilines is 1. The smallest absolute Gasteiger partial charge is 0.194 e. The van der Waals surface area contributed by atoms with Gasteiger partial charge in [-0.1, -0.05) is 0 Å². The molecule has 2 rings (SSSR count). The third-order valence-corrected chi connectivity index (χ3v) is 3.86. The number of nitrogens with one attached hydrogen (secondary N) is 1. The second-order valence-electron chi connectivity index (χ2n) is 3.44. The SMILES string of the molecule is Fc1cc(NCc2cc(Br)c(Br)o2)cc(F)c1F. The van der Waals surface area contributed by atoms with Crippen molar-refractivity contribution in [2.75, 3.05) is 5.32 Å². The summed E-state index contributed by atoms with van der Waals surface area (Å²) in [7, 11) is 0. The van der Waals surface area contributed by atoms with Crippen LogP contribution in [0.4, 0.5) is 18.9 Å². The Morgan fingerprint density at radius 1 is 1.06 bits per heavy atom. The maximum Gasteiger partial charge on any atom is 0.194 e. The lowest BCUT2D eigenvalue weighted by atomic mass is 10.3. The number of hydrogen-bond acceptors (Lipinski definition) is 2. The highest BCUT2D eigenvalue weighted by molar-refractivity contribution is 9.13. The minimum atomic E-state index is -1.48. The van der Waals surface area contributed by atoms with Gasteiger partial charge in [-0.25, -0.2) is 13.2 Å². The fraction of sp³-hybridized carbons (Fsp3) is 0.0909. The standard InChI is InChI=1S/C11H6Br2F3NO/c12-7-3-6(18-11(7)13)4-17-5-1-8(14)10(16)9(15)2-5/h1-3,17H,4H2. The van der Waals surface area contributed by atoms with Crippen LogP contribution >= 0.6 is 31.9 Å². The minimum absolute atomic E-state index is 0.134. The van der Waals surface area contributed by atoms with Crippen LogP contribution in [0, 0.1) is 17.5 Å². The summed E-state index contributed by atoms with van der Waals surface area (Å²) >= 11 is 6.40. The van der Waals surface area contributed by atoms with Crippen molar-refractivity contribution in [3.05, 3.63) is 50.6 Å². The fourth-order valence-corrected chi connectivity index (χ4v) is 1.98. The van der Waals surface area contributed by atoms with Crippen LogP contribution in [0.1, 0.15) is 5.76 Å². The van der Waals surface area contributed by atoms with Crippen molar-refractivity contribution in [3.8, 4) is 0 Å². The van der Waals surface area contributed by atoms with Crippen LogP contribution in [-0.2, 0) is 6.54 Å². The summed E-state index contributed by atoms with van der Waals surface area (Å²) in [6, 6.07) is 3.46. The second-order valence-corrected chi connectivity index (χ2v) is 5.02. The van der Waals surface area contributed by atoms with Crippen molar-refractivity contribution in [2.45, 2.75) is 6.54 Å². The van der Waals surface area contributed by atoms with Gasteiger partial charge in [-0.3, -0.25) is 0 Å². The molecule has 2 nitrogen and oxygen atoms in total. The Labute approximate surface area is 117 Å². The van der Waals surface area contributed by atoms with E-state index in [1.54, 1.807) is 6.07 Å². The molecule has 1 N–H and O–H groups in total. The van der Waals surface area contributed by atoms with E-state index in [9.17, 15) is 13.2 Å². The second kappa shape index (κ2) is 5.36. The van der Waals surface area contributed by atoms with E-state index >= 15 is 0 Å². The zero-order chi connectivity index (χ0) is 13.3. The van der Waals surface area contributed by atoms with Crippen LogP contribution in [0.15, 0.2) is 31.8 Å². The molecule has 0 aliphatic rings. The average Bonchev–Trinajstić information content (AvgIpc) is 2.63. The lowest BCUT2D eigenvalue weighted by Crippen LogP contribution is -2.01. The van der Waals surface area contributed by atoms with Gasteiger partial charge in [0, 0.05) is 17.8 Å². The molecule has 7 heteroatoms. The van der Waals surface area contributed by atoms with E-state index in [2.05, 4.69) is 37.2 Å². The van der Waals surface area contributed by atoms with Crippen molar-refractivity contribution < 1.29 is 17.6 Å². The Kier molecular flexibility index (Phi) is 4.01. The van der Waals surface area contributed by atoms with Crippen LogP contribution in [0.2, 0.25) is 0 Å². The Balaban J connectivity index is 2.11. The van der Waals surface area contributed by atoms with Crippen LogP contribution in [0.5, 0.6) is 0 Å². The van der Waals surface area contributed by atoms with Gasteiger partial charge in [0.1, 0.15) is 5.76 Å². The Hall–Kier alpha value is -0.950. The highest BCUT2D eigenvalue weighted by Gasteiger charge is 2.11. The van der Waals surface area contributed by atoms with Crippen LogP contribution in [-0.4, -0.2) is 0 Å². The summed E-state index contributed by atoms with van der Waals surface area (Å²) < 4.78 is 45.1. The first-order valence-electron chi connectivity index (χ1n) is 4.79. The van der Waals surface area contributed by atoms with Gasteiger partial charge in [-0.15, -0.1) is 0 Å². The predicted octanol–water partition coefficient (Wildman–Crippen LogP) is 4.83. The van der Waals surface area contributed by atoms with Gasteiger partial charge in [0.25, 0.3) is 0 Å². The third-order valence-electron chi connectivity index (χ3n) is 2.15. The lowest BCUT2D eigenvalue weighted by molar-refractivity contribution is 0.447. The molecule has 0 unspecified atom stereocenters. The molecule has 1 aromatic carbocycles. The number of hydrogen-bond donors (Lipinski definition) is 1. The molecule has 0 bridgehead atoms. The molecule has 1 aromatic heterocycles. The molecule has 0 saturated heterocycles. The molecule has 0 aliphatic carbocycles. The first-order chi connectivity index (χ1) is 8.47. The molecular weight excluding hydrogens is 379 g/mol. The number of rotatable bonds is 3. The summed E-state index contributed by atoms with van der Waals surface area (Å²) in [4.78, 5) is 0. The van der Waals surface area contributed by atoms with Crippen molar-refractivity contribution in [3.63, 3.8) is 0 Å². The van der Waals surface area contributed by atoms with E-state index in [1.165, 1.54) is 0 Å². The van der Waals surface area contributed by atoms with Crippen LogP contribution in [0.3, 0.4) is 0 Å². The normalized spacial score (nSPS) is 10.7. The molecule has 2 aromatic rings. The lowest BCUT2D eigenvalue weighted by Gasteiger charge is -2.05. The van der Waals surface area contributed by atoms with E-state index in [0.29, 0.717) is 10.4 Å². The zero-order valence-electron chi connectivity index (χ0n) is 8.74. The third kappa shape index (κ3) is 2.89. The molecule has 18 heavy (non-hydrogen) atoms. The molecule has 0 atom stereocenters. The predicted molar refractivity (Wildman–Crippen MR) is 67.8 cm³/mol. The van der Waals surface area contributed by atoms with Gasteiger partial charge in [0.2, 0.25) is 0 Å².